The van der Waals surface area contributed by atoms with Crippen molar-refractivity contribution >= 4 is 5.91 Å². The molecule has 150 valence electrons. The Kier molecular flexibility index (Phi) is 6.05. The Bertz CT molecular complexity index is 789. The van der Waals surface area contributed by atoms with Gasteiger partial charge in [0.05, 0.1) is 6.54 Å². The van der Waals surface area contributed by atoms with Gasteiger partial charge in [-0.25, -0.2) is 0 Å². The molecule has 6 heteroatoms. The van der Waals surface area contributed by atoms with E-state index < -0.39 is 0 Å². The Labute approximate surface area is 166 Å². The van der Waals surface area contributed by atoms with Crippen molar-refractivity contribution in [1.29, 1.82) is 0 Å². The highest BCUT2D eigenvalue weighted by Crippen LogP contribution is 2.23. The second kappa shape index (κ2) is 8.86. The van der Waals surface area contributed by atoms with E-state index in [1.165, 1.54) is 24.8 Å². The van der Waals surface area contributed by atoms with Gasteiger partial charge in [-0.15, -0.1) is 0 Å². The van der Waals surface area contributed by atoms with Crippen molar-refractivity contribution in [2.24, 2.45) is 5.92 Å². The van der Waals surface area contributed by atoms with Crippen molar-refractivity contribution in [3.63, 3.8) is 0 Å². The van der Waals surface area contributed by atoms with E-state index in [1.807, 2.05) is 12.1 Å². The lowest BCUT2D eigenvalue weighted by molar-refractivity contribution is -0.127. The zero-order valence-electron chi connectivity index (χ0n) is 16.7. The second-order valence-corrected chi connectivity index (χ2v) is 8.28. The van der Waals surface area contributed by atoms with Gasteiger partial charge >= 0.3 is 0 Å². The zero-order chi connectivity index (χ0) is 19.3. The number of hydrogen-bond acceptors (Lipinski definition) is 5. The quantitative estimate of drug-likeness (QED) is 0.854. The Morgan fingerprint density at radius 3 is 2.71 bits per heavy atom. The molecule has 1 saturated carbocycles. The number of aromatic nitrogens is 2. The van der Waals surface area contributed by atoms with Crippen LogP contribution in [0.4, 0.5) is 0 Å². The summed E-state index contributed by atoms with van der Waals surface area (Å²) in [5.41, 5.74) is 2.16. The number of carbonyl (C=O) groups excluding carboxylic acids is 1. The molecule has 1 aliphatic heterocycles. The molecule has 1 aromatic heterocycles. The molecule has 28 heavy (non-hydrogen) atoms. The van der Waals surface area contributed by atoms with Crippen molar-refractivity contribution in [3.8, 4) is 11.4 Å². The standard InChI is InChI=1S/C22H30N4O2/c1-16-6-5-7-18(14-16)21-24-20(28-25-21)15-26-12-10-17(11-13-26)22(27)23-19-8-3-2-4-9-19/h5-7,14,17,19H,2-4,8-13,15H2,1H3,(H,23,27). The largest absolute Gasteiger partial charge is 0.353 e. The summed E-state index contributed by atoms with van der Waals surface area (Å²) >= 11 is 0. The monoisotopic (exact) mass is 382 g/mol. The van der Waals surface area contributed by atoms with Crippen LogP contribution in [0, 0.1) is 12.8 Å². The van der Waals surface area contributed by atoms with E-state index in [9.17, 15) is 4.79 Å². The summed E-state index contributed by atoms with van der Waals surface area (Å²) in [6, 6.07) is 8.52. The average molecular weight is 383 g/mol. The van der Waals surface area contributed by atoms with Crippen LogP contribution in [-0.4, -0.2) is 40.1 Å². The summed E-state index contributed by atoms with van der Waals surface area (Å²) < 4.78 is 5.45. The smallest absolute Gasteiger partial charge is 0.241 e. The van der Waals surface area contributed by atoms with Crippen LogP contribution in [0.2, 0.25) is 0 Å². The van der Waals surface area contributed by atoms with E-state index in [0.717, 1.165) is 44.3 Å². The van der Waals surface area contributed by atoms with Crippen molar-refractivity contribution in [3.05, 3.63) is 35.7 Å². The first-order chi connectivity index (χ1) is 13.7. The van der Waals surface area contributed by atoms with Gasteiger partial charge < -0.3 is 9.84 Å². The normalized spacial score (nSPS) is 19.6. The topological polar surface area (TPSA) is 71.3 Å². The summed E-state index contributed by atoms with van der Waals surface area (Å²) in [5.74, 6) is 1.68. The highest BCUT2D eigenvalue weighted by atomic mass is 16.5. The fourth-order valence-electron chi connectivity index (χ4n) is 4.33. The van der Waals surface area contributed by atoms with Crippen LogP contribution in [0.1, 0.15) is 56.4 Å². The van der Waals surface area contributed by atoms with Gasteiger partial charge in [-0.3, -0.25) is 9.69 Å². The van der Waals surface area contributed by atoms with Crippen LogP contribution in [0.15, 0.2) is 28.8 Å². The van der Waals surface area contributed by atoms with Crippen molar-refractivity contribution < 1.29 is 9.32 Å². The summed E-state index contributed by atoms with van der Waals surface area (Å²) in [6.45, 7) is 4.49. The fourth-order valence-corrected chi connectivity index (χ4v) is 4.33. The summed E-state index contributed by atoms with van der Waals surface area (Å²) in [5, 5.41) is 7.41. The number of aryl methyl sites for hydroxylation is 1. The number of nitrogens with one attached hydrogen (secondary N) is 1. The third-order valence-electron chi connectivity index (χ3n) is 6.01. The lowest BCUT2D eigenvalue weighted by atomic mass is 9.92. The van der Waals surface area contributed by atoms with E-state index in [4.69, 9.17) is 4.52 Å². The number of rotatable bonds is 5. The number of amides is 1. The maximum Gasteiger partial charge on any atom is 0.241 e. The van der Waals surface area contributed by atoms with Crippen molar-refractivity contribution in [2.45, 2.75) is 64.5 Å². The molecule has 0 atom stereocenters. The second-order valence-electron chi connectivity index (χ2n) is 8.28. The van der Waals surface area contributed by atoms with Gasteiger partial charge in [0.2, 0.25) is 17.6 Å². The third-order valence-corrected chi connectivity index (χ3v) is 6.01. The number of carbonyl (C=O) groups is 1. The van der Waals surface area contributed by atoms with Crippen LogP contribution >= 0.6 is 0 Å². The molecule has 0 unspecified atom stereocenters. The Morgan fingerprint density at radius 1 is 1.18 bits per heavy atom. The van der Waals surface area contributed by atoms with Crippen LogP contribution in [0.5, 0.6) is 0 Å². The molecule has 0 radical (unpaired) electrons. The molecule has 2 aliphatic rings. The predicted molar refractivity (Wildman–Crippen MR) is 107 cm³/mol. The van der Waals surface area contributed by atoms with E-state index in [-0.39, 0.29) is 11.8 Å². The van der Waals surface area contributed by atoms with Gasteiger partial charge in [0.25, 0.3) is 0 Å². The molecular weight excluding hydrogens is 352 g/mol. The molecule has 6 nitrogen and oxygen atoms in total. The van der Waals surface area contributed by atoms with Gasteiger partial charge in [-0.2, -0.15) is 4.98 Å². The maximum absolute atomic E-state index is 12.5. The molecule has 1 N–H and O–H groups in total. The average Bonchev–Trinajstić information content (AvgIpc) is 3.18. The first-order valence-corrected chi connectivity index (χ1v) is 10.6. The highest BCUT2D eigenvalue weighted by Gasteiger charge is 2.27. The Morgan fingerprint density at radius 2 is 1.96 bits per heavy atom. The Hall–Kier alpha value is -2.21. The molecule has 1 amide bonds. The number of nitrogens with zero attached hydrogens (tertiary/aromatic N) is 3. The SMILES string of the molecule is Cc1cccc(-c2noc(CN3CCC(C(=O)NC4CCCCC4)CC3)n2)c1. The summed E-state index contributed by atoms with van der Waals surface area (Å²) in [4.78, 5) is 19.4. The lowest BCUT2D eigenvalue weighted by Gasteiger charge is -2.32. The minimum Gasteiger partial charge on any atom is -0.353 e. The van der Waals surface area contributed by atoms with Gasteiger partial charge in [0.1, 0.15) is 0 Å². The highest BCUT2D eigenvalue weighted by molar-refractivity contribution is 5.79. The van der Waals surface area contributed by atoms with Crippen LogP contribution < -0.4 is 5.32 Å². The predicted octanol–water partition coefficient (Wildman–Crippen LogP) is 3.71. The maximum atomic E-state index is 12.5. The zero-order valence-corrected chi connectivity index (χ0v) is 16.7. The van der Waals surface area contributed by atoms with E-state index >= 15 is 0 Å². The number of piperidine rings is 1. The van der Waals surface area contributed by atoms with Crippen LogP contribution in [0.3, 0.4) is 0 Å². The van der Waals surface area contributed by atoms with Crippen molar-refractivity contribution in [2.75, 3.05) is 13.1 Å². The third kappa shape index (κ3) is 4.79. The summed E-state index contributed by atoms with van der Waals surface area (Å²) in [6.07, 6.45) is 7.90. The number of likely N-dealkylation sites (tertiary alicyclic amines) is 1. The van der Waals surface area contributed by atoms with Crippen LogP contribution in [0.25, 0.3) is 11.4 Å². The molecular formula is C22H30N4O2. The van der Waals surface area contributed by atoms with Crippen LogP contribution in [-0.2, 0) is 11.3 Å². The molecule has 2 aromatic rings. The molecule has 4 rings (SSSR count). The Balaban J connectivity index is 1.26. The molecule has 1 aromatic carbocycles. The minimum atomic E-state index is 0.142. The van der Waals surface area contributed by atoms with Gasteiger partial charge in [0, 0.05) is 17.5 Å². The number of hydrogen-bond donors (Lipinski definition) is 1. The van der Waals surface area contributed by atoms with E-state index in [2.05, 4.69) is 39.4 Å². The van der Waals surface area contributed by atoms with Gasteiger partial charge in [-0.1, -0.05) is 48.2 Å². The van der Waals surface area contributed by atoms with E-state index in [0.29, 0.717) is 24.3 Å². The minimum absolute atomic E-state index is 0.142. The molecule has 0 spiro atoms. The van der Waals surface area contributed by atoms with Gasteiger partial charge in [-0.05, 0) is 51.8 Å². The molecule has 1 saturated heterocycles. The number of benzene rings is 1. The fraction of sp³-hybridized carbons (Fsp3) is 0.591. The molecule has 0 bridgehead atoms. The molecule has 2 heterocycles. The van der Waals surface area contributed by atoms with Gasteiger partial charge in [0.15, 0.2) is 0 Å². The van der Waals surface area contributed by atoms with Crippen molar-refractivity contribution in [1.82, 2.24) is 20.4 Å². The lowest BCUT2D eigenvalue weighted by Crippen LogP contribution is -2.44. The molecule has 2 fully saturated rings. The summed E-state index contributed by atoms with van der Waals surface area (Å²) in [7, 11) is 0. The first-order valence-electron chi connectivity index (χ1n) is 10.6. The molecule has 1 aliphatic carbocycles. The first kappa shape index (κ1) is 19.1. The van der Waals surface area contributed by atoms with E-state index in [1.54, 1.807) is 0 Å².